The van der Waals surface area contributed by atoms with E-state index in [1.54, 1.807) is 0 Å². The van der Waals surface area contributed by atoms with Crippen molar-refractivity contribution in [2.75, 3.05) is 0 Å². The minimum Gasteiger partial charge on any atom is -0.296 e. The van der Waals surface area contributed by atoms with Gasteiger partial charge in [0.2, 0.25) is 0 Å². The highest BCUT2D eigenvalue weighted by molar-refractivity contribution is 4.91. The molecule has 0 aliphatic rings. The highest BCUT2D eigenvalue weighted by atomic mass is 16.5. The van der Waals surface area contributed by atoms with Crippen molar-refractivity contribution in [2.45, 2.75) is 90.4 Å². The van der Waals surface area contributed by atoms with Crippen LogP contribution in [0.2, 0.25) is 0 Å². The topological polar surface area (TPSA) is 58.9 Å². The van der Waals surface area contributed by atoms with E-state index >= 15 is 0 Å². The molecule has 1 heterocycles. The lowest BCUT2D eigenvalue weighted by Gasteiger charge is -2.13. The molecule has 1 aromatic rings. The molecule has 116 valence electrons. The summed E-state index contributed by atoms with van der Waals surface area (Å²) in [5, 5.41) is 3.89. The van der Waals surface area contributed by atoms with Crippen LogP contribution in [-0.2, 0) is 0 Å². The van der Waals surface area contributed by atoms with Crippen molar-refractivity contribution < 1.29 is 4.52 Å². The third kappa shape index (κ3) is 6.92. The first-order valence-corrected chi connectivity index (χ1v) is 8.33. The Hall–Kier alpha value is -1.06. The molecule has 0 aliphatic heterocycles. The molecule has 0 aromatic carbocycles. The fourth-order valence-electron chi connectivity index (χ4n) is 2.65. The molecule has 1 rings (SSSR count). The molecular weight excluding hydrogens is 252 g/mol. The van der Waals surface area contributed by atoms with Crippen molar-refractivity contribution in [3.05, 3.63) is 16.4 Å². The molecule has 1 aromatic heterocycles. The zero-order valence-electron chi connectivity index (χ0n) is 13.1. The standard InChI is InChI=1S/C16H30N2O2/c1-3-5-7-9-11-13-14(12-10-8-6-4-2)15-17-16(19)20-18-15/h14H,3-13H2,1-2H3,(H,17,18,19). The van der Waals surface area contributed by atoms with Crippen LogP contribution < -0.4 is 5.76 Å². The van der Waals surface area contributed by atoms with Gasteiger partial charge in [-0.3, -0.25) is 9.51 Å². The number of unbranched alkanes of at least 4 members (excludes halogenated alkanes) is 7. The highest BCUT2D eigenvalue weighted by Gasteiger charge is 2.15. The van der Waals surface area contributed by atoms with Gasteiger partial charge >= 0.3 is 5.76 Å². The predicted octanol–water partition coefficient (Wildman–Crippen LogP) is 4.78. The van der Waals surface area contributed by atoms with E-state index in [1.165, 1.54) is 57.8 Å². The van der Waals surface area contributed by atoms with Crippen molar-refractivity contribution >= 4 is 0 Å². The average molecular weight is 282 g/mol. The minimum atomic E-state index is -0.426. The number of hydrogen-bond donors (Lipinski definition) is 1. The van der Waals surface area contributed by atoms with E-state index in [0.29, 0.717) is 5.92 Å². The summed E-state index contributed by atoms with van der Waals surface area (Å²) in [6, 6.07) is 0. The van der Waals surface area contributed by atoms with Gasteiger partial charge in [-0.1, -0.05) is 76.8 Å². The largest absolute Gasteiger partial charge is 0.438 e. The van der Waals surface area contributed by atoms with Crippen molar-refractivity contribution in [3.63, 3.8) is 0 Å². The van der Waals surface area contributed by atoms with Gasteiger partial charge < -0.3 is 0 Å². The molecule has 0 amide bonds. The number of rotatable bonds is 12. The van der Waals surface area contributed by atoms with Crippen LogP contribution in [0.5, 0.6) is 0 Å². The number of hydrogen-bond acceptors (Lipinski definition) is 3. The van der Waals surface area contributed by atoms with Crippen LogP contribution >= 0.6 is 0 Å². The Kier molecular flexibility index (Phi) is 9.09. The minimum absolute atomic E-state index is 0.361. The van der Waals surface area contributed by atoms with E-state index in [4.69, 9.17) is 0 Å². The lowest BCUT2D eigenvalue weighted by atomic mass is 9.94. The molecule has 0 bridgehead atoms. The number of H-pyrrole nitrogens is 1. The Labute approximate surface area is 122 Å². The summed E-state index contributed by atoms with van der Waals surface area (Å²) < 4.78 is 4.66. The normalized spacial score (nSPS) is 12.7. The van der Waals surface area contributed by atoms with Crippen LogP contribution in [0, 0.1) is 0 Å². The van der Waals surface area contributed by atoms with Crippen LogP contribution in [0.25, 0.3) is 0 Å². The van der Waals surface area contributed by atoms with E-state index in [-0.39, 0.29) is 0 Å². The predicted molar refractivity (Wildman–Crippen MR) is 82.0 cm³/mol. The quantitative estimate of drug-likeness (QED) is 0.561. The third-order valence-electron chi connectivity index (χ3n) is 3.91. The van der Waals surface area contributed by atoms with Gasteiger partial charge in [0.05, 0.1) is 0 Å². The maximum atomic E-state index is 11.1. The van der Waals surface area contributed by atoms with E-state index in [0.717, 1.165) is 18.7 Å². The summed E-state index contributed by atoms with van der Waals surface area (Å²) in [5.41, 5.74) is 0. The van der Waals surface area contributed by atoms with Crippen molar-refractivity contribution in [1.29, 1.82) is 0 Å². The molecule has 1 N–H and O–H groups in total. The molecule has 0 saturated heterocycles. The Bertz CT molecular complexity index is 384. The second-order valence-corrected chi connectivity index (χ2v) is 5.73. The van der Waals surface area contributed by atoms with Gasteiger partial charge in [-0.2, -0.15) is 0 Å². The number of aromatic nitrogens is 2. The van der Waals surface area contributed by atoms with Crippen LogP contribution in [0.1, 0.15) is 96.2 Å². The van der Waals surface area contributed by atoms with Crippen molar-refractivity contribution in [1.82, 2.24) is 10.1 Å². The smallest absolute Gasteiger partial charge is 0.296 e. The van der Waals surface area contributed by atoms with Gasteiger partial charge in [0.1, 0.15) is 0 Å². The van der Waals surface area contributed by atoms with Crippen molar-refractivity contribution in [3.8, 4) is 0 Å². The lowest BCUT2D eigenvalue weighted by molar-refractivity contribution is 0.370. The van der Waals surface area contributed by atoms with Gasteiger partial charge in [0, 0.05) is 5.92 Å². The first kappa shape index (κ1) is 17.0. The monoisotopic (exact) mass is 282 g/mol. The maximum absolute atomic E-state index is 11.1. The summed E-state index contributed by atoms with van der Waals surface area (Å²) in [6.07, 6.45) is 13.6. The molecular formula is C16H30N2O2. The van der Waals surface area contributed by atoms with Gasteiger partial charge in [-0.05, 0) is 12.8 Å². The second kappa shape index (κ2) is 10.7. The molecule has 1 unspecified atom stereocenters. The Morgan fingerprint density at radius 2 is 1.50 bits per heavy atom. The summed E-state index contributed by atoms with van der Waals surface area (Å²) >= 11 is 0. The summed E-state index contributed by atoms with van der Waals surface area (Å²) in [5.74, 6) is 0.687. The number of nitrogens with zero attached hydrogens (tertiary/aromatic N) is 1. The molecule has 4 heteroatoms. The SMILES string of the molecule is CCCCCCCC(CCCCCC)c1noc(=O)[nH]1. The van der Waals surface area contributed by atoms with Crippen LogP contribution in [0.4, 0.5) is 0 Å². The zero-order chi connectivity index (χ0) is 14.6. The Morgan fingerprint density at radius 3 is 2.00 bits per heavy atom. The summed E-state index contributed by atoms with van der Waals surface area (Å²) in [6.45, 7) is 4.46. The molecule has 0 spiro atoms. The van der Waals surface area contributed by atoms with Crippen molar-refractivity contribution in [2.24, 2.45) is 0 Å². The van der Waals surface area contributed by atoms with Gasteiger partial charge in [-0.15, -0.1) is 0 Å². The van der Waals surface area contributed by atoms with Crippen LogP contribution in [-0.4, -0.2) is 10.1 Å². The second-order valence-electron chi connectivity index (χ2n) is 5.73. The molecule has 0 saturated carbocycles. The fraction of sp³-hybridized carbons (Fsp3) is 0.875. The van der Waals surface area contributed by atoms with Gasteiger partial charge in [0.25, 0.3) is 0 Å². The Balaban J connectivity index is 2.36. The first-order valence-electron chi connectivity index (χ1n) is 8.33. The molecule has 1 atom stereocenters. The van der Waals surface area contributed by atoms with Gasteiger partial charge in [-0.25, -0.2) is 4.79 Å². The van der Waals surface area contributed by atoms with E-state index < -0.39 is 5.76 Å². The third-order valence-corrected chi connectivity index (χ3v) is 3.91. The highest BCUT2D eigenvalue weighted by Crippen LogP contribution is 2.25. The van der Waals surface area contributed by atoms with Gasteiger partial charge in [0.15, 0.2) is 5.82 Å². The van der Waals surface area contributed by atoms with E-state index in [1.807, 2.05) is 0 Å². The maximum Gasteiger partial charge on any atom is 0.438 e. The van der Waals surface area contributed by atoms with E-state index in [9.17, 15) is 4.79 Å². The fourth-order valence-corrected chi connectivity index (χ4v) is 2.65. The van der Waals surface area contributed by atoms with E-state index in [2.05, 4.69) is 28.5 Å². The lowest BCUT2D eigenvalue weighted by Crippen LogP contribution is -2.05. The van der Waals surface area contributed by atoms with Crippen LogP contribution in [0.15, 0.2) is 9.32 Å². The number of aromatic amines is 1. The molecule has 20 heavy (non-hydrogen) atoms. The van der Waals surface area contributed by atoms with Crippen LogP contribution in [0.3, 0.4) is 0 Å². The zero-order valence-corrected chi connectivity index (χ0v) is 13.1. The molecule has 4 nitrogen and oxygen atoms in total. The molecule has 0 fully saturated rings. The summed E-state index contributed by atoms with van der Waals surface area (Å²) in [7, 11) is 0. The molecule has 0 aliphatic carbocycles. The molecule has 0 radical (unpaired) electrons. The number of nitrogens with one attached hydrogen (secondary N) is 1. The summed E-state index contributed by atoms with van der Waals surface area (Å²) in [4.78, 5) is 13.8. The first-order chi connectivity index (χ1) is 9.77. The Morgan fingerprint density at radius 1 is 0.950 bits per heavy atom. The average Bonchev–Trinajstić information content (AvgIpc) is 2.87.